The summed E-state index contributed by atoms with van der Waals surface area (Å²) in [5.41, 5.74) is 1.17. The van der Waals surface area contributed by atoms with Crippen LogP contribution in [-0.4, -0.2) is 28.3 Å². The van der Waals surface area contributed by atoms with E-state index >= 15 is 0 Å². The average Bonchev–Trinajstić information content (AvgIpc) is 2.92. The molecule has 0 aliphatic carbocycles. The molecule has 0 bridgehead atoms. The van der Waals surface area contributed by atoms with Crippen molar-refractivity contribution in [2.75, 3.05) is 18.0 Å². The van der Waals surface area contributed by atoms with Gasteiger partial charge in [0, 0.05) is 25.5 Å². The molecule has 19 heavy (non-hydrogen) atoms. The molecule has 0 aromatic carbocycles. The molecular formula is C13H19N5O. The molecule has 0 spiro atoms. The summed E-state index contributed by atoms with van der Waals surface area (Å²) in [5.74, 6) is 0.616. The van der Waals surface area contributed by atoms with Gasteiger partial charge < -0.3 is 14.6 Å². The Morgan fingerprint density at radius 1 is 1.21 bits per heavy atom. The Kier molecular flexibility index (Phi) is 4.85. The second kappa shape index (κ2) is 6.84. The number of nitrogens with one attached hydrogen (secondary N) is 1. The van der Waals surface area contributed by atoms with Crippen LogP contribution in [-0.2, 0) is 13.1 Å². The quantitative estimate of drug-likeness (QED) is 0.816. The number of rotatable bonds is 7. The highest BCUT2D eigenvalue weighted by Gasteiger charge is 2.13. The number of anilines is 1. The van der Waals surface area contributed by atoms with E-state index in [2.05, 4.69) is 27.4 Å². The lowest BCUT2D eigenvalue weighted by Gasteiger charge is -2.17. The van der Waals surface area contributed by atoms with Gasteiger partial charge in [-0.3, -0.25) is 4.98 Å². The van der Waals surface area contributed by atoms with Crippen molar-refractivity contribution in [3.63, 3.8) is 0 Å². The van der Waals surface area contributed by atoms with Gasteiger partial charge >= 0.3 is 6.01 Å². The van der Waals surface area contributed by atoms with Gasteiger partial charge in [-0.25, -0.2) is 0 Å². The van der Waals surface area contributed by atoms with Crippen LogP contribution in [0.2, 0.25) is 0 Å². The normalized spacial score (nSPS) is 10.6. The van der Waals surface area contributed by atoms with Gasteiger partial charge in [0.05, 0.1) is 6.54 Å². The minimum Gasteiger partial charge on any atom is -0.407 e. The monoisotopic (exact) mass is 261 g/mol. The molecule has 0 unspecified atom stereocenters. The summed E-state index contributed by atoms with van der Waals surface area (Å²) in [4.78, 5) is 6.05. The van der Waals surface area contributed by atoms with Crippen molar-refractivity contribution in [1.82, 2.24) is 20.5 Å². The molecule has 2 aromatic heterocycles. The summed E-state index contributed by atoms with van der Waals surface area (Å²) in [5, 5.41) is 11.3. The van der Waals surface area contributed by atoms with Crippen LogP contribution in [0.1, 0.15) is 25.3 Å². The van der Waals surface area contributed by atoms with E-state index in [0.717, 1.165) is 19.6 Å². The largest absolute Gasteiger partial charge is 0.407 e. The number of hydrogen-bond acceptors (Lipinski definition) is 6. The van der Waals surface area contributed by atoms with Crippen molar-refractivity contribution in [3.05, 3.63) is 36.0 Å². The fourth-order valence-electron chi connectivity index (χ4n) is 1.70. The molecule has 0 aliphatic rings. The molecular weight excluding hydrogens is 242 g/mol. The molecule has 2 aromatic rings. The Morgan fingerprint density at radius 2 is 2.00 bits per heavy atom. The van der Waals surface area contributed by atoms with E-state index in [0.29, 0.717) is 18.5 Å². The molecule has 6 heteroatoms. The third kappa shape index (κ3) is 3.75. The Hall–Kier alpha value is -1.95. The highest BCUT2D eigenvalue weighted by atomic mass is 16.4. The SMILES string of the molecule is CCNCc1nnc(N(CC)Cc2ccncc2)o1. The van der Waals surface area contributed by atoms with Gasteiger partial charge in [0.25, 0.3) is 0 Å². The van der Waals surface area contributed by atoms with Gasteiger partial charge in [-0.1, -0.05) is 12.0 Å². The van der Waals surface area contributed by atoms with Crippen molar-refractivity contribution < 1.29 is 4.42 Å². The second-order valence-corrected chi connectivity index (χ2v) is 4.13. The molecule has 1 N–H and O–H groups in total. The number of aromatic nitrogens is 3. The third-order valence-electron chi connectivity index (χ3n) is 2.76. The second-order valence-electron chi connectivity index (χ2n) is 4.13. The molecule has 102 valence electrons. The summed E-state index contributed by atoms with van der Waals surface area (Å²) in [7, 11) is 0. The Balaban J connectivity index is 2.03. The minimum atomic E-state index is 0.562. The maximum atomic E-state index is 5.64. The summed E-state index contributed by atoms with van der Waals surface area (Å²) < 4.78 is 5.64. The predicted octanol–water partition coefficient (Wildman–Crippen LogP) is 1.60. The molecule has 0 saturated carbocycles. The van der Waals surface area contributed by atoms with E-state index in [1.54, 1.807) is 12.4 Å². The van der Waals surface area contributed by atoms with E-state index in [-0.39, 0.29) is 0 Å². The molecule has 0 atom stereocenters. The van der Waals surface area contributed by atoms with Crippen LogP contribution in [0.3, 0.4) is 0 Å². The van der Waals surface area contributed by atoms with E-state index in [1.807, 2.05) is 24.0 Å². The number of nitrogens with zero attached hydrogens (tertiary/aromatic N) is 4. The van der Waals surface area contributed by atoms with Crippen LogP contribution in [0.4, 0.5) is 6.01 Å². The fraction of sp³-hybridized carbons (Fsp3) is 0.462. The van der Waals surface area contributed by atoms with Crippen molar-refractivity contribution in [2.24, 2.45) is 0 Å². The van der Waals surface area contributed by atoms with Crippen LogP contribution in [0.5, 0.6) is 0 Å². The third-order valence-corrected chi connectivity index (χ3v) is 2.76. The molecule has 6 nitrogen and oxygen atoms in total. The average molecular weight is 261 g/mol. The zero-order valence-corrected chi connectivity index (χ0v) is 11.3. The van der Waals surface area contributed by atoms with Crippen LogP contribution >= 0.6 is 0 Å². The minimum absolute atomic E-state index is 0.562. The highest BCUT2D eigenvalue weighted by molar-refractivity contribution is 5.27. The van der Waals surface area contributed by atoms with Gasteiger partial charge in [0.2, 0.25) is 5.89 Å². The van der Waals surface area contributed by atoms with Crippen molar-refractivity contribution in [2.45, 2.75) is 26.9 Å². The van der Waals surface area contributed by atoms with Gasteiger partial charge in [0.15, 0.2) is 0 Å². The lowest BCUT2D eigenvalue weighted by Crippen LogP contribution is -2.22. The first kappa shape index (κ1) is 13.5. The Morgan fingerprint density at radius 3 is 2.68 bits per heavy atom. The van der Waals surface area contributed by atoms with E-state index in [9.17, 15) is 0 Å². The summed E-state index contributed by atoms with van der Waals surface area (Å²) in [6, 6.07) is 4.53. The Labute approximate surface area is 112 Å². The van der Waals surface area contributed by atoms with Gasteiger partial charge in [-0.15, -0.1) is 5.10 Å². The maximum Gasteiger partial charge on any atom is 0.318 e. The first-order valence-corrected chi connectivity index (χ1v) is 6.50. The van der Waals surface area contributed by atoms with Crippen LogP contribution < -0.4 is 10.2 Å². The molecule has 0 radical (unpaired) electrons. The molecule has 2 heterocycles. The fourth-order valence-corrected chi connectivity index (χ4v) is 1.70. The van der Waals surface area contributed by atoms with Crippen molar-refractivity contribution in [3.8, 4) is 0 Å². The lowest BCUT2D eigenvalue weighted by molar-refractivity contribution is 0.464. The van der Waals surface area contributed by atoms with Crippen LogP contribution in [0, 0.1) is 0 Å². The number of hydrogen-bond donors (Lipinski definition) is 1. The van der Waals surface area contributed by atoms with Gasteiger partial charge in [-0.05, 0) is 31.2 Å². The molecule has 0 aliphatic heterocycles. The summed E-state index contributed by atoms with van der Waals surface area (Å²) in [6.07, 6.45) is 3.57. The maximum absolute atomic E-state index is 5.64. The first-order valence-electron chi connectivity index (χ1n) is 6.50. The van der Waals surface area contributed by atoms with Gasteiger partial charge in [-0.2, -0.15) is 0 Å². The standard InChI is InChI=1S/C13H19N5O/c1-3-14-9-12-16-17-13(19-12)18(4-2)10-11-5-7-15-8-6-11/h5-8,14H,3-4,9-10H2,1-2H3. The summed E-state index contributed by atoms with van der Waals surface area (Å²) >= 11 is 0. The van der Waals surface area contributed by atoms with E-state index < -0.39 is 0 Å². The van der Waals surface area contributed by atoms with E-state index in [1.165, 1.54) is 5.56 Å². The van der Waals surface area contributed by atoms with Gasteiger partial charge in [0.1, 0.15) is 0 Å². The van der Waals surface area contributed by atoms with E-state index in [4.69, 9.17) is 4.42 Å². The zero-order chi connectivity index (χ0) is 13.5. The summed E-state index contributed by atoms with van der Waals surface area (Å²) in [6.45, 7) is 7.14. The Bertz CT molecular complexity index is 485. The topological polar surface area (TPSA) is 67.1 Å². The molecule has 0 fully saturated rings. The predicted molar refractivity (Wildman–Crippen MR) is 72.6 cm³/mol. The van der Waals surface area contributed by atoms with Crippen molar-refractivity contribution >= 4 is 6.01 Å². The molecule has 0 saturated heterocycles. The molecule has 0 amide bonds. The number of pyridine rings is 1. The smallest absolute Gasteiger partial charge is 0.318 e. The molecule has 2 rings (SSSR count). The highest BCUT2D eigenvalue weighted by Crippen LogP contribution is 2.15. The van der Waals surface area contributed by atoms with Crippen molar-refractivity contribution in [1.29, 1.82) is 0 Å². The first-order chi connectivity index (χ1) is 9.33. The van der Waals surface area contributed by atoms with Crippen LogP contribution in [0.15, 0.2) is 28.9 Å². The lowest BCUT2D eigenvalue weighted by atomic mass is 10.2. The zero-order valence-electron chi connectivity index (χ0n) is 11.3. The van der Waals surface area contributed by atoms with Crippen LogP contribution in [0.25, 0.3) is 0 Å².